The number of nitrogens with one attached hydrogen (secondary N) is 2. The first-order chi connectivity index (χ1) is 8.85. The molecule has 1 heterocycles. The largest absolute Gasteiger partial charge is 0.352 e. The smallest absolute Gasteiger partial charge is 0.237 e. The molecular formula is C16H28N2O. The van der Waals surface area contributed by atoms with Gasteiger partial charge >= 0.3 is 0 Å². The van der Waals surface area contributed by atoms with Gasteiger partial charge in [0, 0.05) is 6.04 Å². The number of hydrogen-bond acceptors (Lipinski definition) is 2. The minimum atomic E-state index is 0.0614. The first-order valence-electron chi connectivity index (χ1n) is 7.89. The lowest BCUT2D eigenvalue weighted by atomic mass is 9.37. The first kappa shape index (κ1) is 13.4. The van der Waals surface area contributed by atoms with E-state index < -0.39 is 0 Å². The molecule has 2 bridgehead atoms. The molecule has 108 valence electrons. The second-order valence-electron chi connectivity index (χ2n) is 7.92. The molecule has 4 rings (SSSR count). The lowest BCUT2D eigenvalue weighted by Gasteiger charge is -2.68. The van der Waals surface area contributed by atoms with Crippen molar-refractivity contribution in [3.05, 3.63) is 0 Å². The van der Waals surface area contributed by atoms with E-state index in [0.717, 1.165) is 31.7 Å². The molecule has 1 saturated heterocycles. The predicted octanol–water partition coefficient (Wildman–Crippen LogP) is 2.32. The van der Waals surface area contributed by atoms with Crippen molar-refractivity contribution in [2.75, 3.05) is 6.54 Å². The van der Waals surface area contributed by atoms with E-state index in [-0.39, 0.29) is 11.9 Å². The van der Waals surface area contributed by atoms with Gasteiger partial charge < -0.3 is 10.6 Å². The Balaban J connectivity index is 1.65. The van der Waals surface area contributed by atoms with Crippen LogP contribution < -0.4 is 10.6 Å². The van der Waals surface area contributed by atoms with E-state index in [1.54, 1.807) is 0 Å². The Morgan fingerprint density at radius 2 is 2.00 bits per heavy atom. The van der Waals surface area contributed by atoms with E-state index in [2.05, 4.69) is 38.3 Å². The van der Waals surface area contributed by atoms with Crippen molar-refractivity contribution >= 4 is 5.91 Å². The van der Waals surface area contributed by atoms with E-state index in [0.29, 0.717) is 22.8 Å². The number of rotatable bonds is 2. The molecule has 4 fully saturated rings. The number of hydrogen-bond donors (Lipinski definition) is 2. The highest BCUT2D eigenvalue weighted by Crippen LogP contribution is 2.68. The molecule has 1 aliphatic heterocycles. The lowest BCUT2D eigenvalue weighted by Crippen LogP contribution is -2.66. The highest BCUT2D eigenvalue weighted by molar-refractivity contribution is 5.82. The maximum absolute atomic E-state index is 12.3. The van der Waals surface area contributed by atoms with E-state index in [1.165, 1.54) is 6.42 Å². The van der Waals surface area contributed by atoms with Crippen molar-refractivity contribution in [3.8, 4) is 0 Å². The van der Waals surface area contributed by atoms with Gasteiger partial charge in [0.15, 0.2) is 0 Å². The number of fused-ring (bicyclic) bond motifs is 2. The minimum absolute atomic E-state index is 0.0614. The summed E-state index contributed by atoms with van der Waals surface area (Å²) in [5.74, 6) is 1.62. The third-order valence-electron chi connectivity index (χ3n) is 6.80. The third kappa shape index (κ3) is 1.84. The van der Waals surface area contributed by atoms with Crippen molar-refractivity contribution in [3.63, 3.8) is 0 Å². The predicted molar refractivity (Wildman–Crippen MR) is 76.7 cm³/mol. The zero-order chi connectivity index (χ0) is 13.8. The molecule has 1 amide bonds. The van der Waals surface area contributed by atoms with E-state index in [1.807, 2.05) is 0 Å². The third-order valence-corrected chi connectivity index (χ3v) is 6.80. The van der Waals surface area contributed by atoms with Crippen LogP contribution in [0.25, 0.3) is 0 Å². The van der Waals surface area contributed by atoms with Crippen LogP contribution in [0.5, 0.6) is 0 Å². The summed E-state index contributed by atoms with van der Waals surface area (Å²) in [4.78, 5) is 12.3. The van der Waals surface area contributed by atoms with Gasteiger partial charge in [0.05, 0.1) is 6.04 Å². The highest BCUT2D eigenvalue weighted by Gasteiger charge is 2.63. The van der Waals surface area contributed by atoms with Gasteiger partial charge in [-0.3, -0.25) is 4.79 Å². The van der Waals surface area contributed by atoms with Crippen molar-refractivity contribution in [1.29, 1.82) is 0 Å². The van der Waals surface area contributed by atoms with Crippen LogP contribution in [0.4, 0.5) is 0 Å². The number of carbonyl (C=O) groups is 1. The van der Waals surface area contributed by atoms with Crippen LogP contribution in [0.1, 0.15) is 53.4 Å². The van der Waals surface area contributed by atoms with Crippen molar-refractivity contribution in [1.82, 2.24) is 10.6 Å². The van der Waals surface area contributed by atoms with Crippen LogP contribution in [0.15, 0.2) is 0 Å². The Labute approximate surface area is 116 Å². The maximum Gasteiger partial charge on any atom is 0.237 e. The number of amides is 1. The molecular weight excluding hydrogens is 236 g/mol. The van der Waals surface area contributed by atoms with Gasteiger partial charge in [-0.15, -0.1) is 0 Å². The fourth-order valence-electron chi connectivity index (χ4n) is 4.84. The molecule has 2 N–H and O–H groups in total. The van der Waals surface area contributed by atoms with Gasteiger partial charge in [-0.2, -0.15) is 0 Å². The lowest BCUT2D eigenvalue weighted by molar-refractivity contribution is -0.187. The zero-order valence-corrected chi connectivity index (χ0v) is 12.8. The van der Waals surface area contributed by atoms with Gasteiger partial charge in [0.2, 0.25) is 5.91 Å². The summed E-state index contributed by atoms with van der Waals surface area (Å²) < 4.78 is 0. The molecule has 0 unspecified atom stereocenters. The van der Waals surface area contributed by atoms with Crippen LogP contribution in [0.3, 0.4) is 0 Å². The summed E-state index contributed by atoms with van der Waals surface area (Å²) in [6.07, 6.45) is 4.62. The van der Waals surface area contributed by atoms with Crippen LogP contribution in [-0.2, 0) is 4.79 Å². The first-order valence-corrected chi connectivity index (χ1v) is 7.89. The Morgan fingerprint density at radius 3 is 2.58 bits per heavy atom. The van der Waals surface area contributed by atoms with E-state index in [4.69, 9.17) is 0 Å². The van der Waals surface area contributed by atoms with Crippen LogP contribution in [0.2, 0.25) is 0 Å². The molecule has 3 heteroatoms. The molecule has 0 aromatic heterocycles. The zero-order valence-electron chi connectivity index (χ0n) is 12.8. The average molecular weight is 264 g/mol. The molecule has 5 atom stereocenters. The van der Waals surface area contributed by atoms with Crippen molar-refractivity contribution in [2.24, 2.45) is 22.7 Å². The molecule has 3 nitrogen and oxygen atoms in total. The summed E-state index contributed by atoms with van der Waals surface area (Å²) in [7, 11) is 0. The molecule has 0 radical (unpaired) electrons. The minimum Gasteiger partial charge on any atom is -0.352 e. The summed E-state index contributed by atoms with van der Waals surface area (Å²) in [6, 6.07) is 0.443. The summed E-state index contributed by atoms with van der Waals surface area (Å²) >= 11 is 0. The van der Waals surface area contributed by atoms with Crippen LogP contribution in [-0.4, -0.2) is 24.5 Å². The standard InChI is InChI=1S/C16H28N2O/c1-10-11-8-16(4,15(11,2)3)9-13(10)18-14(19)12-6-5-7-17-12/h10-13,17H,5-9H2,1-4H3,(H,18,19)/t10-,11-,12-,13-,16-/m0/s1. The second kappa shape index (κ2) is 4.21. The molecule has 0 aromatic rings. The van der Waals surface area contributed by atoms with Crippen LogP contribution >= 0.6 is 0 Å². The molecule has 4 aliphatic rings. The van der Waals surface area contributed by atoms with E-state index >= 15 is 0 Å². The molecule has 3 aliphatic carbocycles. The molecule has 0 aromatic carbocycles. The Hall–Kier alpha value is -0.570. The van der Waals surface area contributed by atoms with Gasteiger partial charge in [-0.05, 0) is 54.9 Å². The molecule has 3 saturated carbocycles. The normalized spacial score (nSPS) is 47.6. The Bertz CT molecular complexity index is 386. The molecule has 0 spiro atoms. The van der Waals surface area contributed by atoms with Crippen LogP contribution in [0, 0.1) is 22.7 Å². The van der Waals surface area contributed by atoms with Gasteiger partial charge in [0.1, 0.15) is 0 Å². The maximum atomic E-state index is 12.3. The SMILES string of the molecule is C[C@@H]1[C@@H](NC(=O)[C@@H]2CCCN2)C[C@]2(C)C[C@@H]1C2(C)C. The quantitative estimate of drug-likeness (QED) is 0.803. The topological polar surface area (TPSA) is 41.1 Å². The van der Waals surface area contributed by atoms with Crippen molar-refractivity contribution < 1.29 is 4.79 Å². The van der Waals surface area contributed by atoms with Gasteiger partial charge in [0.25, 0.3) is 0 Å². The fraction of sp³-hybridized carbons (Fsp3) is 0.938. The summed E-state index contributed by atoms with van der Waals surface area (Å²) in [6.45, 7) is 10.6. The number of carbonyl (C=O) groups excluding carboxylic acids is 1. The van der Waals surface area contributed by atoms with Crippen molar-refractivity contribution in [2.45, 2.75) is 65.5 Å². The highest BCUT2D eigenvalue weighted by atomic mass is 16.2. The average Bonchev–Trinajstić information content (AvgIpc) is 2.86. The summed E-state index contributed by atoms with van der Waals surface area (Å²) in [5, 5.41) is 6.63. The van der Waals surface area contributed by atoms with Gasteiger partial charge in [-0.25, -0.2) is 0 Å². The van der Waals surface area contributed by atoms with E-state index in [9.17, 15) is 4.79 Å². The molecule has 19 heavy (non-hydrogen) atoms. The Morgan fingerprint density at radius 1 is 1.26 bits per heavy atom. The second-order valence-corrected chi connectivity index (χ2v) is 7.92. The monoisotopic (exact) mass is 264 g/mol. The summed E-state index contributed by atoms with van der Waals surface area (Å²) in [5.41, 5.74) is 0.866. The fourth-order valence-corrected chi connectivity index (χ4v) is 4.84. The Kier molecular flexibility index (Phi) is 2.97. The van der Waals surface area contributed by atoms with Gasteiger partial charge in [-0.1, -0.05) is 27.7 Å².